The Labute approximate surface area is 196 Å². The lowest BCUT2D eigenvalue weighted by Gasteiger charge is -2.22. The number of halogens is 1. The quantitative estimate of drug-likeness (QED) is 0.257. The maximum Gasteiger partial charge on any atom is 0.192 e. The third kappa shape index (κ3) is 6.42. The van der Waals surface area contributed by atoms with E-state index in [1.165, 1.54) is 16.3 Å². The van der Waals surface area contributed by atoms with Crippen LogP contribution in [0.1, 0.15) is 51.5 Å². The molecule has 162 valence electrons. The summed E-state index contributed by atoms with van der Waals surface area (Å²) in [6.07, 6.45) is 3.69. The second-order valence-corrected chi connectivity index (χ2v) is 7.45. The van der Waals surface area contributed by atoms with Crippen LogP contribution in [0.5, 0.6) is 0 Å². The number of nitrogens with one attached hydrogen (secondary N) is 2. The summed E-state index contributed by atoms with van der Waals surface area (Å²) in [4.78, 5) is 4.81. The standard InChI is InChI=1S/C23H32N6.HI/c1-5-17(3)26-23(24-13-14-29-16-25-28-22(29)6-2)27-18(4)20-12-11-19-9-7-8-10-21(19)15-20;/h7-12,15-18H,5-6,13-14H2,1-4H3,(H2,24,26,27);1H. The van der Waals surface area contributed by atoms with Crippen LogP contribution in [0.15, 0.2) is 53.8 Å². The van der Waals surface area contributed by atoms with E-state index in [2.05, 4.69) is 95.6 Å². The van der Waals surface area contributed by atoms with Crippen molar-refractivity contribution in [1.29, 1.82) is 0 Å². The number of rotatable bonds is 8. The minimum atomic E-state index is 0. The van der Waals surface area contributed by atoms with Gasteiger partial charge < -0.3 is 15.2 Å². The Morgan fingerprint density at radius 1 is 1.07 bits per heavy atom. The summed E-state index contributed by atoms with van der Waals surface area (Å²) >= 11 is 0. The van der Waals surface area contributed by atoms with E-state index in [0.717, 1.165) is 31.2 Å². The molecule has 2 aromatic carbocycles. The van der Waals surface area contributed by atoms with E-state index in [1.54, 1.807) is 6.33 Å². The van der Waals surface area contributed by atoms with Crippen LogP contribution in [0.4, 0.5) is 0 Å². The summed E-state index contributed by atoms with van der Waals surface area (Å²) in [5.41, 5.74) is 1.24. The average Bonchev–Trinajstić information content (AvgIpc) is 3.20. The van der Waals surface area contributed by atoms with E-state index in [0.29, 0.717) is 12.6 Å². The molecule has 0 aliphatic heterocycles. The van der Waals surface area contributed by atoms with Gasteiger partial charge in [-0.1, -0.05) is 50.2 Å². The SMILES string of the molecule is CCc1nncn1CCN=C(NC(C)CC)NC(C)c1ccc2ccccc2c1.I. The molecule has 2 unspecified atom stereocenters. The Balaban J connectivity index is 0.00000320. The normalized spacial score (nSPS) is 13.5. The van der Waals surface area contributed by atoms with Crippen molar-refractivity contribution in [2.45, 2.75) is 59.2 Å². The molecular formula is C23H33IN6. The maximum atomic E-state index is 4.81. The van der Waals surface area contributed by atoms with Crippen molar-refractivity contribution < 1.29 is 0 Å². The van der Waals surface area contributed by atoms with Crippen molar-refractivity contribution in [1.82, 2.24) is 25.4 Å². The Kier molecular flexibility index (Phi) is 9.55. The first kappa shape index (κ1) is 24.1. The van der Waals surface area contributed by atoms with Crippen molar-refractivity contribution >= 4 is 40.7 Å². The Morgan fingerprint density at radius 2 is 1.83 bits per heavy atom. The molecule has 0 aliphatic carbocycles. The van der Waals surface area contributed by atoms with Crippen molar-refractivity contribution in [3.8, 4) is 0 Å². The van der Waals surface area contributed by atoms with E-state index in [-0.39, 0.29) is 30.0 Å². The highest BCUT2D eigenvalue weighted by molar-refractivity contribution is 14.0. The number of benzene rings is 2. The molecular weight excluding hydrogens is 487 g/mol. The number of hydrogen-bond acceptors (Lipinski definition) is 3. The number of aliphatic imine (C=N–C) groups is 1. The highest BCUT2D eigenvalue weighted by Gasteiger charge is 2.11. The Morgan fingerprint density at radius 3 is 2.57 bits per heavy atom. The zero-order chi connectivity index (χ0) is 20.6. The largest absolute Gasteiger partial charge is 0.354 e. The van der Waals surface area contributed by atoms with Crippen LogP contribution in [0, 0.1) is 0 Å². The third-order valence-electron chi connectivity index (χ3n) is 5.25. The summed E-state index contributed by atoms with van der Waals surface area (Å²) in [7, 11) is 0. The predicted molar refractivity (Wildman–Crippen MR) is 136 cm³/mol. The molecule has 0 spiro atoms. The highest BCUT2D eigenvalue weighted by atomic mass is 127. The molecule has 1 heterocycles. The first-order valence-corrected chi connectivity index (χ1v) is 10.5. The molecule has 1 aromatic heterocycles. The Bertz CT molecular complexity index is 952. The summed E-state index contributed by atoms with van der Waals surface area (Å²) < 4.78 is 2.07. The van der Waals surface area contributed by atoms with Gasteiger partial charge in [0, 0.05) is 19.0 Å². The van der Waals surface area contributed by atoms with Gasteiger partial charge in [0.1, 0.15) is 12.2 Å². The molecule has 3 rings (SSSR count). The van der Waals surface area contributed by atoms with Crippen molar-refractivity contribution in [2.24, 2.45) is 4.99 Å². The molecule has 0 bridgehead atoms. The van der Waals surface area contributed by atoms with Crippen LogP contribution in [0.3, 0.4) is 0 Å². The van der Waals surface area contributed by atoms with Crippen LogP contribution in [-0.2, 0) is 13.0 Å². The highest BCUT2D eigenvalue weighted by Crippen LogP contribution is 2.20. The molecule has 6 nitrogen and oxygen atoms in total. The van der Waals surface area contributed by atoms with Gasteiger partial charge in [-0.05, 0) is 42.7 Å². The summed E-state index contributed by atoms with van der Waals surface area (Å²) in [6, 6.07) is 15.6. The minimum absolute atomic E-state index is 0. The lowest BCUT2D eigenvalue weighted by Crippen LogP contribution is -2.43. The zero-order valence-corrected chi connectivity index (χ0v) is 20.6. The van der Waals surface area contributed by atoms with Gasteiger partial charge in [0.05, 0.1) is 12.6 Å². The number of hydrogen-bond donors (Lipinski definition) is 2. The summed E-state index contributed by atoms with van der Waals surface area (Å²) in [6.45, 7) is 10.0. The van der Waals surface area contributed by atoms with Gasteiger partial charge in [-0.15, -0.1) is 34.2 Å². The lowest BCUT2D eigenvalue weighted by molar-refractivity contribution is 0.596. The van der Waals surface area contributed by atoms with Gasteiger partial charge in [-0.25, -0.2) is 0 Å². The minimum Gasteiger partial charge on any atom is -0.354 e. The molecule has 0 saturated carbocycles. The van der Waals surface area contributed by atoms with E-state index in [9.17, 15) is 0 Å². The monoisotopic (exact) mass is 520 g/mol. The third-order valence-corrected chi connectivity index (χ3v) is 5.25. The number of guanidine groups is 1. The first-order chi connectivity index (χ1) is 14.1. The van der Waals surface area contributed by atoms with Gasteiger partial charge in [0.15, 0.2) is 5.96 Å². The molecule has 7 heteroatoms. The predicted octanol–water partition coefficient (Wildman–Crippen LogP) is 4.71. The van der Waals surface area contributed by atoms with Crippen molar-refractivity contribution in [2.75, 3.05) is 6.54 Å². The number of fused-ring (bicyclic) bond motifs is 1. The second-order valence-electron chi connectivity index (χ2n) is 7.45. The van der Waals surface area contributed by atoms with Crippen molar-refractivity contribution in [3.63, 3.8) is 0 Å². The smallest absolute Gasteiger partial charge is 0.192 e. The molecule has 0 amide bonds. The van der Waals surface area contributed by atoms with Gasteiger partial charge in [0.2, 0.25) is 0 Å². The van der Waals surface area contributed by atoms with Gasteiger partial charge >= 0.3 is 0 Å². The fourth-order valence-electron chi connectivity index (χ4n) is 3.24. The fourth-order valence-corrected chi connectivity index (χ4v) is 3.24. The van der Waals surface area contributed by atoms with Crippen molar-refractivity contribution in [3.05, 3.63) is 60.2 Å². The van der Waals surface area contributed by atoms with Crippen LogP contribution in [0.2, 0.25) is 0 Å². The molecule has 3 aromatic rings. The van der Waals surface area contributed by atoms with E-state index in [1.807, 2.05) is 0 Å². The van der Waals surface area contributed by atoms with Gasteiger partial charge in [-0.2, -0.15) is 0 Å². The van der Waals surface area contributed by atoms with Crippen LogP contribution < -0.4 is 10.6 Å². The summed E-state index contributed by atoms with van der Waals surface area (Å²) in [5.74, 6) is 1.83. The average molecular weight is 520 g/mol. The van der Waals surface area contributed by atoms with E-state index in [4.69, 9.17) is 4.99 Å². The van der Waals surface area contributed by atoms with Crippen LogP contribution >= 0.6 is 24.0 Å². The topological polar surface area (TPSA) is 67.1 Å². The number of aromatic nitrogens is 3. The van der Waals surface area contributed by atoms with Crippen LogP contribution in [-0.4, -0.2) is 33.3 Å². The molecule has 2 N–H and O–H groups in total. The van der Waals surface area contributed by atoms with E-state index < -0.39 is 0 Å². The molecule has 30 heavy (non-hydrogen) atoms. The Hall–Kier alpha value is -2.16. The first-order valence-electron chi connectivity index (χ1n) is 10.5. The lowest BCUT2D eigenvalue weighted by atomic mass is 10.0. The molecule has 2 atom stereocenters. The molecule has 0 fully saturated rings. The molecule has 0 aliphatic rings. The van der Waals surface area contributed by atoms with E-state index >= 15 is 0 Å². The number of nitrogens with zero attached hydrogens (tertiary/aromatic N) is 4. The maximum absolute atomic E-state index is 4.81. The molecule has 0 radical (unpaired) electrons. The fraction of sp³-hybridized carbons (Fsp3) is 0.435. The van der Waals surface area contributed by atoms with Gasteiger partial charge in [-0.3, -0.25) is 4.99 Å². The molecule has 0 saturated heterocycles. The summed E-state index contributed by atoms with van der Waals surface area (Å²) in [5, 5.41) is 17.7. The zero-order valence-electron chi connectivity index (χ0n) is 18.3. The second kappa shape index (κ2) is 11.9. The number of aryl methyl sites for hydroxylation is 1. The van der Waals surface area contributed by atoms with Crippen LogP contribution in [0.25, 0.3) is 10.8 Å². The van der Waals surface area contributed by atoms with Gasteiger partial charge in [0.25, 0.3) is 0 Å².